The minimum atomic E-state index is -0.928. The zero-order chi connectivity index (χ0) is 10.1. The van der Waals surface area contributed by atoms with E-state index in [0.717, 1.165) is 0 Å². The second-order valence-corrected chi connectivity index (χ2v) is 2.25. The lowest BCUT2D eigenvalue weighted by Gasteiger charge is -1.98. The summed E-state index contributed by atoms with van der Waals surface area (Å²) in [5.74, 6) is -0.928. The summed E-state index contributed by atoms with van der Waals surface area (Å²) < 4.78 is 4.41. The molecule has 2 unspecified atom stereocenters. The number of carbonyl (C=O) groups is 1. The standard InChI is InChI=1S/C4H8O3.C3H8O2/c1-3(7-2)4(5)6;1-3(5)2-4/h3H,1-2H3,(H,5,6);3-5H,2H2,1H3. The maximum Gasteiger partial charge on any atom is 0.332 e. The van der Waals surface area contributed by atoms with Crippen molar-refractivity contribution in [3.05, 3.63) is 0 Å². The van der Waals surface area contributed by atoms with E-state index in [0.29, 0.717) is 0 Å². The van der Waals surface area contributed by atoms with Crippen molar-refractivity contribution in [3.63, 3.8) is 0 Å². The van der Waals surface area contributed by atoms with Gasteiger partial charge in [-0.3, -0.25) is 0 Å². The Labute approximate surface area is 71.6 Å². The number of carboxylic acids is 1. The van der Waals surface area contributed by atoms with E-state index in [-0.39, 0.29) is 6.61 Å². The van der Waals surface area contributed by atoms with Crippen molar-refractivity contribution in [2.24, 2.45) is 0 Å². The molecule has 0 amide bonds. The van der Waals surface area contributed by atoms with Gasteiger partial charge in [0.1, 0.15) is 0 Å². The Hall–Kier alpha value is -0.650. The van der Waals surface area contributed by atoms with Crippen LogP contribution in [0.4, 0.5) is 0 Å². The first-order valence-electron chi connectivity index (χ1n) is 3.50. The molecule has 0 saturated carbocycles. The van der Waals surface area contributed by atoms with Crippen molar-refractivity contribution in [2.75, 3.05) is 13.7 Å². The molecule has 0 heterocycles. The third-order valence-electron chi connectivity index (χ3n) is 0.966. The predicted molar refractivity (Wildman–Crippen MR) is 42.9 cm³/mol. The van der Waals surface area contributed by atoms with Gasteiger partial charge >= 0.3 is 5.97 Å². The van der Waals surface area contributed by atoms with E-state index in [9.17, 15) is 4.79 Å². The summed E-state index contributed by atoms with van der Waals surface area (Å²) in [4.78, 5) is 9.81. The Kier molecular flexibility index (Phi) is 9.79. The van der Waals surface area contributed by atoms with Crippen molar-refractivity contribution in [3.8, 4) is 0 Å². The lowest BCUT2D eigenvalue weighted by atomic mass is 10.4. The van der Waals surface area contributed by atoms with E-state index in [1.165, 1.54) is 21.0 Å². The molecule has 0 aromatic carbocycles. The smallest absolute Gasteiger partial charge is 0.332 e. The van der Waals surface area contributed by atoms with Crippen LogP contribution in [0.1, 0.15) is 13.8 Å². The van der Waals surface area contributed by atoms with Gasteiger partial charge in [0, 0.05) is 7.11 Å². The minimum Gasteiger partial charge on any atom is -0.479 e. The maximum absolute atomic E-state index is 9.81. The summed E-state index contributed by atoms with van der Waals surface area (Å²) in [6.07, 6.45) is -1.24. The lowest BCUT2D eigenvalue weighted by Crippen LogP contribution is -2.17. The van der Waals surface area contributed by atoms with E-state index < -0.39 is 18.2 Å². The molecule has 0 rings (SSSR count). The second-order valence-electron chi connectivity index (χ2n) is 2.25. The third kappa shape index (κ3) is 12.1. The molecule has 5 heteroatoms. The molecule has 0 aliphatic heterocycles. The van der Waals surface area contributed by atoms with Gasteiger partial charge in [-0.2, -0.15) is 0 Å². The zero-order valence-electron chi connectivity index (χ0n) is 7.52. The summed E-state index contributed by atoms with van der Waals surface area (Å²) in [7, 11) is 1.36. The maximum atomic E-state index is 9.81. The van der Waals surface area contributed by atoms with Crippen LogP contribution in [0.3, 0.4) is 0 Å². The Morgan fingerprint density at radius 2 is 1.83 bits per heavy atom. The molecule has 12 heavy (non-hydrogen) atoms. The first kappa shape index (κ1) is 13.9. The van der Waals surface area contributed by atoms with Gasteiger partial charge in [-0.1, -0.05) is 0 Å². The number of aliphatic hydroxyl groups is 2. The Morgan fingerprint density at radius 1 is 1.50 bits per heavy atom. The van der Waals surface area contributed by atoms with Crippen LogP contribution < -0.4 is 0 Å². The van der Waals surface area contributed by atoms with Gasteiger partial charge < -0.3 is 20.1 Å². The number of hydrogen-bond donors (Lipinski definition) is 3. The first-order chi connectivity index (χ1) is 5.45. The van der Waals surface area contributed by atoms with Crippen molar-refractivity contribution in [2.45, 2.75) is 26.1 Å². The molecule has 3 N–H and O–H groups in total. The van der Waals surface area contributed by atoms with Gasteiger partial charge in [-0.25, -0.2) is 4.79 Å². The number of aliphatic carboxylic acids is 1. The fraction of sp³-hybridized carbons (Fsp3) is 0.857. The summed E-state index contributed by atoms with van der Waals surface area (Å²) >= 11 is 0. The first-order valence-corrected chi connectivity index (χ1v) is 3.50. The van der Waals surface area contributed by atoms with E-state index in [4.69, 9.17) is 15.3 Å². The summed E-state index contributed by atoms with van der Waals surface area (Å²) in [6, 6.07) is 0. The largest absolute Gasteiger partial charge is 0.479 e. The normalized spacial score (nSPS) is 14.1. The molecule has 0 saturated heterocycles. The van der Waals surface area contributed by atoms with Gasteiger partial charge in [0.2, 0.25) is 0 Å². The third-order valence-corrected chi connectivity index (χ3v) is 0.966. The number of carboxylic acid groups (broad SMARTS) is 1. The zero-order valence-corrected chi connectivity index (χ0v) is 7.52. The van der Waals surface area contributed by atoms with Gasteiger partial charge in [0.25, 0.3) is 0 Å². The van der Waals surface area contributed by atoms with Crippen LogP contribution in [-0.2, 0) is 9.53 Å². The van der Waals surface area contributed by atoms with Gasteiger partial charge in [0.05, 0.1) is 12.7 Å². The highest BCUT2D eigenvalue weighted by molar-refractivity contribution is 5.71. The van der Waals surface area contributed by atoms with Gasteiger partial charge in [-0.05, 0) is 13.8 Å². The quantitative estimate of drug-likeness (QED) is 0.543. The van der Waals surface area contributed by atoms with Crippen LogP contribution in [0, 0.1) is 0 Å². The Bertz CT molecular complexity index is 112. The molecular formula is C7H16O5. The molecule has 0 aliphatic carbocycles. The summed E-state index contributed by atoms with van der Waals surface area (Å²) in [6.45, 7) is 2.86. The number of hydrogen-bond acceptors (Lipinski definition) is 4. The number of ether oxygens (including phenoxy) is 1. The molecule has 0 bridgehead atoms. The van der Waals surface area contributed by atoms with Crippen LogP contribution in [0.15, 0.2) is 0 Å². The van der Waals surface area contributed by atoms with Crippen LogP contribution in [-0.4, -0.2) is 47.2 Å². The number of methoxy groups -OCH3 is 1. The molecular weight excluding hydrogens is 164 g/mol. The van der Waals surface area contributed by atoms with E-state index in [1.54, 1.807) is 0 Å². The Morgan fingerprint density at radius 3 is 1.83 bits per heavy atom. The SMILES string of the molecule is CC(O)CO.COC(C)C(=O)O. The average Bonchev–Trinajstić information content (AvgIpc) is 2.04. The number of rotatable bonds is 3. The van der Waals surface area contributed by atoms with Gasteiger partial charge in [-0.15, -0.1) is 0 Å². The lowest BCUT2D eigenvalue weighted by molar-refractivity contribution is -0.147. The molecule has 0 spiro atoms. The van der Waals surface area contributed by atoms with Crippen LogP contribution >= 0.6 is 0 Å². The monoisotopic (exact) mass is 180 g/mol. The minimum absolute atomic E-state index is 0.139. The van der Waals surface area contributed by atoms with Crippen molar-refractivity contribution < 1.29 is 24.9 Å². The highest BCUT2D eigenvalue weighted by Crippen LogP contribution is 1.83. The van der Waals surface area contributed by atoms with Crippen molar-refractivity contribution >= 4 is 5.97 Å². The number of aliphatic hydroxyl groups excluding tert-OH is 2. The molecule has 0 aromatic heterocycles. The highest BCUT2D eigenvalue weighted by atomic mass is 16.5. The average molecular weight is 180 g/mol. The fourth-order valence-corrected chi connectivity index (χ4v) is 0.101. The van der Waals surface area contributed by atoms with E-state index in [1.807, 2.05) is 0 Å². The molecule has 0 fully saturated rings. The van der Waals surface area contributed by atoms with Crippen molar-refractivity contribution in [1.29, 1.82) is 0 Å². The predicted octanol–water partition coefficient (Wildman–Crippen LogP) is -0.535. The second kappa shape index (κ2) is 8.45. The van der Waals surface area contributed by atoms with Gasteiger partial charge in [0.15, 0.2) is 6.10 Å². The molecule has 0 aromatic rings. The molecule has 0 radical (unpaired) electrons. The molecule has 0 aliphatic rings. The molecule has 2 atom stereocenters. The fourth-order valence-electron chi connectivity index (χ4n) is 0.101. The summed E-state index contributed by atoms with van der Waals surface area (Å²) in [5, 5.41) is 24.1. The Balaban J connectivity index is 0. The summed E-state index contributed by atoms with van der Waals surface area (Å²) in [5.41, 5.74) is 0. The molecule has 5 nitrogen and oxygen atoms in total. The molecule has 74 valence electrons. The van der Waals surface area contributed by atoms with Crippen LogP contribution in [0.25, 0.3) is 0 Å². The topological polar surface area (TPSA) is 87.0 Å². The van der Waals surface area contributed by atoms with Crippen LogP contribution in [0.5, 0.6) is 0 Å². The van der Waals surface area contributed by atoms with E-state index >= 15 is 0 Å². The van der Waals surface area contributed by atoms with Crippen molar-refractivity contribution in [1.82, 2.24) is 0 Å². The van der Waals surface area contributed by atoms with Crippen LogP contribution in [0.2, 0.25) is 0 Å². The van der Waals surface area contributed by atoms with E-state index in [2.05, 4.69) is 4.74 Å². The highest BCUT2D eigenvalue weighted by Gasteiger charge is 2.06.